The summed E-state index contributed by atoms with van der Waals surface area (Å²) in [5.74, 6) is 4.83. The predicted molar refractivity (Wildman–Crippen MR) is 52.4 cm³/mol. The summed E-state index contributed by atoms with van der Waals surface area (Å²) in [6.45, 7) is 0.457. The molecule has 0 saturated carbocycles. The van der Waals surface area contributed by atoms with Crippen molar-refractivity contribution >= 4 is 28.3 Å². The van der Waals surface area contributed by atoms with Crippen LogP contribution in [0, 0.1) is 5.82 Å². The van der Waals surface area contributed by atoms with Gasteiger partial charge < -0.3 is 0 Å². The number of halogens is 3. The van der Waals surface area contributed by atoms with Gasteiger partial charge in [0.1, 0.15) is 5.82 Å². The van der Waals surface area contributed by atoms with E-state index in [0.29, 0.717) is 6.54 Å². The van der Waals surface area contributed by atoms with Gasteiger partial charge in [0.25, 0.3) is 0 Å². The SMILES string of the molecule is Cl.NNCc1cc(F)ccc1Br. The van der Waals surface area contributed by atoms with Crippen LogP contribution in [0.25, 0.3) is 0 Å². The van der Waals surface area contributed by atoms with E-state index < -0.39 is 0 Å². The third kappa shape index (κ3) is 3.06. The van der Waals surface area contributed by atoms with E-state index in [-0.39, 0.29) is 18.2 Å². The third-order valence-electron chi connectivity index (χ3n) is 1.30. The maximum atomic E-state index is 12.6. The van der Waals surface area contributed by atoms with Crippen LogP contribution in [-0.2, 0) is 6.54 Å². The molecule has 0 heterocycles. The van der Waals surface area contributed by atoms with E-state index in [2.05, 4.69) is 21.4 Å². The zero-order valence-electron chi connectivity index (χ0n) is 6.18. The molecule has 12 heavy (non-hydrogen) atoms. The Kier molecular flexibility index (Phi) is 5.41. The van der Waals surface area contributed by atoms with Crippen molar-refractivity contribution in [3.05, 3.63) is 34.1 Å². The van der Waals surface area contributed by atoms with Crippen LogP contribution >= 0.6 is 28.3 Å². The van der Waals surface area contributed by atoms with Crippen LogP contribution in [0.3, 0.4) is 0 Å². The van der Waals surface area contributed by atoms with Crippen molar-refractivity contribution in [2.45, 2.75) is 6.54 Å². The van der Waals surface area contributed by atoms with Gasteiger partial charge in [-0.3, -0.25) is 11.3 Å². The van der Waals surface area contributed by atoms with Gasteiger partial charge in [-0.1, -0.05) is 15.9 Å². The summed E-state index contributed by atoms with van der Waals surface area (Å²) < 4.78 is 13.4. The summed E-state index contributed by atoms with van der Waals surface area (Å²) in [6.07, 6.45) is 0. The van der Waals surface area contributed by atoms with Gasteiger partial charge in [0.2, 0.25) is 0 Å². The topological polar surface area (TPSA) is 38.0 Å². The Hall–Kier alpha value is -0.160. The largest absolute Gasteiger partial charge is 0.271 e. The molecule has 5 heteroatoms. The Labute approximate surface area is 84.8 Å². The normalized spacial score (nSPS) is 9.25. The van der Waals surface area contributed by atoms with Gasteiger partial charge in [-0.15, -0.1) is 12.4 Å². The van der Waals surface area contributed by atoms with Gasteiger partial charge in [-0.25, -0.2) is 4.39 Å². The van der Waals surface area contributed by atoms with Crippen molar-refractivity contribution in [3.8, 4) is 0 Å². The molecule has 0 aliphatic rings. The second-order valence-corrected chi connectivity index (χ2v) is 2.97. The molecule has 0 amide bonds. The van der Waals surface area contributed by atoms with Crippen molar-refractivity contribution in [1.29, 1.82) is 0 Å². The number of nitrogens with one attached hydrogen (secondary N) is 1. The molecule has 0 radical (unpaired) electrons. The zero-order chi connectivity index (χ0) is 8.27. The first-order chi connectivity index (χ1) is 5.24. The monoisotopic (exact) mass is 254 g/mol. The minimum atomic E-state index is -0.251. The lowest BCUT2D eigenvalue weighted by atomic mass is 10.2. The summed E-state index contributed by atoms with van der Waals surface area (Å²) in [5.41, 5.74) is 3.27. The van der Waals surface area contributed by atoms with Crippen molar-refractivity contribution in [2.75, 3.05) is 0 Å². The van der Waals surface area contributed by atoms with Crippen LogP contribution in [0.5, 0.6) is 0 Å². The fourth-order valence-electron chi connectivity index (χ4n) is 0.789. The molecule has 0 aliphatic heterocycles. The van der Waals surface area contributed by atoms with Crippen molar-refractivity contribution in [2.24, 2.45) is 5.84 Å². The number of nitrogens with two attached hydrogens (primary N) is 1. The van der Waals surface area contributed by atoms with Gasteiger partial charge >= 0.3 is 0 Å². The van der Waals surface area contributed by atoms with Gasteiger partial charge in [-0.2, -0.15) is 0 Å². The first kappa shape index (κ1) is 11.8. The lowest BCUT2D eigenvalue weighted by molar-refractivity contribution is 0.621. The van der Waals surface area contributed by atoms with E-state index in [1.54, 1.807) is 6.07 Å². The first-order valence-electron chi connectivity index (χ1n) is 3.11. The summed E-state index contributed by atoms with van der Waals surface area (Å²) in [4.78, 5) is 0. The van der Waals surface area contributed by atoms with Crippen LogP contribution in [0.1, 0.15) is 5.56 Å². The van der Waals surface area contributed by atoms with Crippen LogP contribution in [0.2, 0.25) is 0 Å². The van der Waals surface area contributed by atoms with Gasteiger partial charge in [0.15, 0.2) is 0 Å². The quantitative estimate of drug-likeness (QED) is 0.626. The molecule has 68 valence electrons. The summed E-state index contributed by atoms with van der Waals surface area (Å²) >= 11 is 3.27. The second kappa shape index (κ2) is 5.48. The lowest BCUT2D eigenvalue weighted by Gasteiger charge is -2.02. The maximum absolute atomic E-state index is 12.6. The zero-order valence-corrected chi connectivity index (χ0v) is 8.58. The number of hydrogen-bond donors (Lipinski definition) is 2. The molecule has 1 rings (SSSR count). The Balaban J connectivity index is 0.00000121. The smallest absolute Gasteiger partial charge is 0.123 e. The Morgan fingerprint density at radius 2 is 2.17 bits per heavy atom. The van der Waals surface area contributed by atoms with Crippen LogP contribution in [0.15, 0.2) is 22.7 Å². The molecule has 0 spiro atoms. The first-order valence-corrected chi connectivity index (χ1v) is 3.90. The fraction of sp³-hybridized carbons (Fsp3) is 0.143. The predicted octanol–water partition coefficient (Wildman–Crippen LogP) is 1.97. The molecule has 1 aromatic carbocycles. The third-order valence-corrected chi connectivity index (χ3v) is 2.07. The van der Waals surface area contributed by atoms with E-state index >= 15 is 0 Å². The lowest BCUT2D eigenvalue weighted by Crippen LogP contribution is -2.21. The highest BCUT2D eigenvalue weighted by atomic mass is 79.9. The molecule has 1 aromatic rings. The van der Waals surface area contributed by atoms with E-state index in [1.807, 2.05) is 0 Å². The minimum absolute atomic E-state index is 0. The average molecular weight is 256 g/mol. The second-order valence-electron chi connectivity index (χ2n) is 2.12. The average Bonchev–Trinajstić information content (AvgIpc) is 1.98. The summed E-state index contributed by atoms with van der Waals surface area (Å²) in [6, 6.07) is 4.48. The van der Waals surface area contributed by atoms with Crippen molar-refractivity contribution in [3.63, 3.8) is 0 Å². The Morgan fingerprint density at radius 1 is 1.50 bits per heavy atom. The number of rotatable bonds is 2. The van der Waals surface area contributed by atoms with E-state index in [4.69, 9.17) is 5.84 Å². The molecule has 2 nitrogen and oxygen atoms in total. The number of hydrogen-bond acceptors (Lipinski definition) is 2. The highest BCUT2D eigenvalue weighted by Crippen LogP contribution is 2.16. The molecular formula is C7H9BrClFN2. The molecule has 0 aliphatic carbocycles. The molecule has 0 unspecified atom stereocenters. The van der Waals surface area contributed by atoms with Gasteiger partial charge in [0.05, 0.1) is 0 Å². The molecule has 0 saturated heterocycles. The standard InChI is InChI=1S/C7H8BrFN2.ClH/c8-7-2-1-6(9)3-5(7)4-11-10;/h1-3,11H,4,10H2;1H. The van der Waals surface area contributed by atoms with E-state index in [9.17, 15) is 4.39 Å². The Bertz CT molecular complexity index is 257. The summed E-state index contributed by atoms with van der Waals surface area (Å²) in [5, 5.41) is 0. The number of benzene rings is 1. The minimum Gasteiger partial charge on any atom is -0.271 e. The van der Waals surface area contributed by atoms with E-state index in [0.717, 1.165) is 10.0 Å². The maximum Gasteiger partial charge on any atom is 0.123 e. The van der Waals surface area contributed by atoms with Crippen LogP contribution in [-0.4, -0.2) is 0 Å². The fourth-order valence-corrected chi connectivity index (χ4v) is 1.18. The van der Waals surface area contributed by atoms with E-state index in [1.165, 1.54) is 12.1 Å². The highest BCUT2D eigenvalue weighted by Gasteiger charge is 1.99. The molecule has 3 N–H and O–H groups in total. The molecular weight excluding hydrogens is 246 g/mol. The highest BCUT2D eigenvalue weighted by molar-refractivity contribution is 9.10. The van der Waals surface area contributed by atoms with Crippen molar-refractivity contribution < 1.29 is 4.39 Å². The van der Waals surface area contributed by atoms with Crippen molar-refractivity contribution in [1.82, 2.24) is 5.43 Å². The summed E-state index contributed by atoms with van der Waals surface area (Å²) in [7, 11) is 0. The molecule has 0 aromatic heterocycles. The van der Waals surface area contributed by atoms with Gasteiger partial charge in [0, 0.05) is 11.0 Å². The molecule has 0 fully saturated rings. The Morgan fingerprint density at radius 3 is 2.75 bits per heavy atom. The van der Waals surface area contributed by atoms with Gasteiger partial charge in [-0.05, 0) is 23.8 Å². The van der Waals surface area contributed by atoms with Crippen LogP contribution < -0.4 is 11.3 Å². The van der Waals surface area contributed by atoms with Crippen LogP contribution in [0.4, 0.5) is 4.39 Å². The molecule has 0 atom stereocenters. The molecule has 0 bridgehead atoms. The number of hydrazine groups is 1.